The molecule has 2 aliphatic heterocycles. The Balaban J connectivity index is 1.80. The number of ether oxygens (including phenoxy) is 2. The van der Waals surface area contributed by atoms with Gasteiger partial charge in [0.25, 0.3) is 0 Å². The summed E-state index contributed by atoms with van der Waals surface area (Å²) in [5.41, 5.74) is 0.395. The summed E-state index contributed by atoms with van der Waals surface area (Å²) >= 11 is 0. The second-order valence-electron chi connectivity index (χ2n) is 5.10. The number of amides is 1. The van der Waals surface area contributed by atoms with E-state index in [4.69, 9.17) is 14.6 Å². The van der Waals surface area contributed by atoms with Gasteiger partial charge in [-0.05, 0) is 24.3 Å². The quantitative estimate of drug-likeness (QED) is 0.893. The Bertz CT molecular complexity index is 533. The van der Waals surface area contributed by atoms with Crippen molar-refractivity contribution in [2.24, 2.45) is 0 Å². The van der Waals surface area contributed by atoms with Crippen LogP contribution in [-0.2, 0) is 9.47 Å². The minimum absolute atomic E-state index is 0.196. The largest absolute Gasteiger partial charge is 0.478 e. The van der Waals surface area contributed by atoms with E-state index < -0.39 is 11.6 Å². The number of carbonyl (C=O) groups is 2. The van der Waals surface area contributed by atoms with Gasteiger partial charge >= 0.3 is 12.1 Å². The molecule has 106 valence electrons. The molecule has 2 fully saturated rings. The Morgan fingerprint density at radius 2 is 1.85 bits per heavy atom. The Morgan fingerprint density at radius 1 is 1.20 bits per heavy atom. The monoisotopic (exact) mass is 277 g/mol. The van der Waals surface area contributed by atoms with Gasteiger partial charge in [0.15, 0.2) is 0 Å². The number of nitrogens with zero attached hydrogens (tertiary/aromatic N) is 1. The molecule has 1 aromatic rings. The van der Waals surface area contributed by atoms with Crippen LogP contribution in [0.1, 0.15) is 23.2 Å². The lowest BCUT2D eigenvalue weighted by molar-refractivity contribution is -0.0431. The predicted molar refractivity (Wildman–Crippen MR) is 70.0 cm³/mol. The van der Waals surface area contributed by atoms with Crippen LogP contribution in [0.25, 0.3) is 0 Å². The fraction of sp³-hybridized carbons (Fsp3) is 0.429. The summed E-state index contributed by atoms with van der Waals surface area (Å²) in [5, 5.41) is 8.87. The molecular formula is C14H15NO5. The molecule has 6 heteroatoms. The fourth-order valence-corrected chi connectivity index (χ4v) is 2.61. The van der Waals surface area contributed by atoms with Gasteiger partial charge < -0.3 is 14.6 Å². The average molecular weight is 277 g/mol. The number of carboxylic acid groups (broad SMARTS) is 1. The summed E-state index contributed by atoms with van der Waals surface area (Å²) in [6.45, 7) is 1.68. The van der Waals surface area contributed by atoms with Crippen LogP contribution < -0.4 is 4.90 Å². The van der Waals surface area contributed by atoms with Gasteiger partial charge in [-0.15, -0.1) is 0 Å². The van der Waals surface area contributed by atoms with Crippen molar-refractivity contribution in [1.29, 1.82) is 0 Å². The molecular weight excluding hydrogens is 262 g/mol. The number of anilines is 1. The van der Waals surface area contributed by atoms with Crippen molar-refractivity contribution in [3.8, 4) is 0 Å². The van der Waals surface area contributed by atoms with E-state index in [0.29, 0.717) is 38.3 Å². The lowest BCUT2D eigenvalue weighted by atomic mass is 9.94. The smallest absolute Gasteiger partial charge is 0.415 e. The summed E-state index contributed by atoms with van der Waals surface area (Å²) in [6, 6.07) is 6.23. The van der Waals surface area contributed by atoms with Crippen molar-refractivity contribution in [2.45, 2.75) is 18.4 Å². The van der Waals surface area contributed by atoms with Crippen LogP contribution in [0, 0.1) is 0 Å². The molecule has 6 nitrogen and oxygen atoms in total. The van der Waals surface area contributed by atoms with Crippen LogP contribution in [0.2, 0.25) is 0 Å². The molecule has 1 amide bonds. The van der Waals surface area contributed by atoms with Gasteiger partial charge in [0.2, 0.25) is 0 Å². The number of rotatable bonds is 2. The number of carboxylic acids is 1. The molecule has 2 saturated heterocycles. The lowest BCUT2D eigenvalue weighted by Gasteiger charge is -2.30. The van der Waals surface area contributed by atoms with Crippen LogP contribution in [-0.4, -0.2) is 42.5 Å². The molecule has 0 radical (unpaired) electrons. The molecule has 0 aromatic heterocycles. The number of carbonyl (C=O) groups excluding carboxylic acids is 1. The van der Waals surface area contributed by atoms with Crippen LogP contribution in [0.4, 0.5) is 10.5 Å². The topological polar surface area (TPSA) is 76.1 Å². The van der Waals surface area contributed by atoms with Crippen molar-refractivity contribution >= 4 is 17.7 Å². The Labute approximate surface area is 115 Å². The van der Waals surface area contributed by atoms with Crippen molar-refractivity contribution < 1.29 is 24.2 Å². The zero-order valence-corrected chi connectivity index (χ0v) is 10.9. The molecule has 3 rings (SSSR count). The molecule has 20 heavy (non-hydrogen) atoms. The molecule has 2 aliphatic rings. The van der Waals surface area contributed by atoms with Crippen molar-refractivity contribution in [3.05, 3.63) is 29.8 Å². The van der Waals surface area contributed by atoms with E-state index in [1.165, 1.54) is 12.1 Å². The molecule has 1 N–H and O–H groups in total. The minimum Gasteiger partial charge on any atom is -0.478 e. The molecule has 0 atom stereocenters. The summed E-state index contributed by atoms with van der Waals surface area (Å²) in [6.07, 6.45) is 1.01. The maximum absolute atomic E-state index is 12.0. The first kappa shape index (κ1) is 12.9. The zero-order valence-electron chi connectivity index (χ0n) is 10.9. The Morgan fingerprint density at radius 3 is 2.45 bits per heavy atom. The van der Waals surface area contributed by atoms with Gasteiger partial charge in [-0.2, -0.15) is 0 Å². The third-order valence-electron chi connectivity index (χ3n) is 3.80. The third kappa shape index (κ3) is 2.22. The standard InChI is InChI=1S/C14H15NO5/c16-12(17)10-1-3-11(4-2-10)15-9-14(20-13(15)18)5-7-19-8-6-14/h1-4H,5-9H2,(H,16,17). The molecule has 1 spiro atoms. The number of hydrogen-bond donors (Lipinski definition) is 1. The molecule has 2 heterocycles. The van der Waals surface area contributed by atoms with E-state index in [1.54, 1.807) is 17.0 Å². The van der Waals surface area contributed by atoms with Crippen LogP contribution in [0.5, 0.6) is 0 Å². The average Bonchev–Trinajstić information content (AvgIpc) is 2.76. The highest BCUT2D eigenvalue weighted by molar-refractivity contribution is 5.92. The van der Waals surface area contributed by atoms with Gasteiger partial charge in [-0.1, -0.05) is 0 Å². The minimum atomic E-state index is -0.985. The molecule has 0 bridgehead atoms. The number of benzene rings is 1. The fourth-order valence-electron chi connectivity index (χ4n) is 2.61. The predicted octanol–water partition coefficient (Wildman–Crippen LogP) is 1.89. The van der Waals surface area contributed by atoms with Gasteiger partial charge in [0.1, 0.15) is 5.60 Å². The molecule has 0 unspecified atom stereocenters. The highest BCUT2D eigenvalue weighted by Crippen LogP contribution is 2.35. The second-order valence-corrected chi connectivity index (χ2v) is 5.10. The third-order valence-corrected chi connectivity index (χ3v) is 3.80. The highest BCUT2D eigenvalue weighted by atomic mass is 16.6. The van der Waals surface area contributed by atoms with Gasteiger partial charge in [-0.25, -0.2) is 9.59 Å². The molecule has 0 aliphatic carbocycles. The Kier molecular flexibility index (Phi) is 3.10. The normalized spacial score (nSPS) is 21.0. The summed E-state index contributed by atoms with van der Waals surface area (Å²) in [4.78, 5) is 24.4. The van der Waals surface area contributed by atoms with Crippen LogP contribution >= 0.6 is 0 Å². The highest BCUT2D eigenvalue weighted by Gasteiger charge is 2.46. The number of hydrogen-bond acceptors (Lipinski definition) is 4. The molecule has 1 aromatic carbocycles. The second kappa shape index (κ2) is 4.79. The zero-order chi connectivity index (χ0) is 14.2. The van der Waals surface area contributed by atoms with E-state index in [0.717, 1.165) is 0 Å². The van der Waals surface area contributed by atoms with Gasteiger partial charge in [0, 0.05) is 18.5 Å². The summed E-state index contributed by atoms with van der Waals surface area (Å²) in [5.74, 6) is -0.985. The maximum Gasteiger partial charge on any atom is 0.415 e. The summed E-state index contributed by atoms with van der Waals surface area (Å²) in [7, 11) is 0. The van der Waals surface area contributed by atoms with Crippen LogP contribution in [0.3, 0.4) is 0 Å². The van der Waals surface area contributed by atoms with E-state index >= 15 is 0 Å². The maximum atomic E-state index is 12.0. The molecule has 0 saturated carbocycles. The first-order chi connectivity index (χ1) is 9.60. The van der Waals surface area contributed by atoms with Crippen molar-refractivity contribution in [2.75, 3.05) is 24.7 Å². The van der Waals surface area contributed by atoms with E-state index in [9.17, 15) is 9.59 Å². The van der Waals surface area contributed by atoms with Crippen molar-refractivity contribution in [3.63, 3.8) is 0 Å². The van der Waals surface area contributed by atoms with E-state index in [1.807, 2.05) is 0 Å². The first-order valence-corrected chi connectivity index (χ1v) is 6.51. The van der Waals surface area contributed by atoms with Gasteiger partial charge in [0.05, 0.1) is 25.3 Å². The van der Waals surface area contributed by atoms with Crippen molar-refractivity contribution in [1.82, 2.24) is 0 Å². The Hall–Kier alpha value is -2.08. The lowest BCUT2D eigenvalue weighted by Crippen LogP contribution is -2.40. The van der Waals surface area contributed by atoms with Crippen LogP contribution in [0.15, 0.2) is 24.3 Å². The SMILES string of the molecule is O=C(O)c1ccc(N2CC3(CCOCC3)OC2=O)cc1. The first-order valence-electron chi connectivity index (χ1n) is 6.51. The number of aromatic carboxylic acids is 1. The summed E-state index contributed by atoms with van der Waals surface area (Å²) < 4.78 is 10.8. The van der Waals surface area contributed by atoms with E-state index in [2.05, 4.69) is 0 Å². The van der Waals surface area contributed by atoms with Gasteiger partial charge in [-0.3, -0.25) is 4.90 Å². The van der Waals surface area contributed by atoms with E-state index in [-0.39, 0.29) is 11.7 Å².